The molecule has 1 fully saturated rings. The molecule has 2 rings (SSSR count). The Morgan fingerprint density at radius 1 is 1.21 bits per heavy atom. The average Bonchev–Trinajstić information content (AvgIpc) is 2.40. The van der Waals surface area contributed by atoms with Crippen molar-refractivity contribution in [2.75, 3.05) is 28.5 Å². The second kappa shape index (κ2) is 5.82. The highest BCUT2D eigenvalue weighted by Gasteiger charge is 2.16. The lowest BCUT2D eigenvalue weighted by molar-refractivity contribution is 0.438. The summed E-state index contributed by atoms with van der Waals surface area (Å²) in [5.74, 6) is 0.908. The highest BCUT2D eigenvalue weighted by Crippen LogP contribution is 2.24. The van der Waals surface area contributed by atoms with Crippen molar-refractivity contribution >= 4 is 21.4 Å². The smallest absolute Gasteiger partial charge is 0.232 e. The number of nitrogens with one attached hydrogen (secondary N) is 1. The number of rotatable bonds is 4. The second-order valence-electron chi connectivity index (χ2n) is 5.22. The van der Waals surface area contributed by atoms with Crippen molar-refractivity contribution in [3.63, 3.8) is 0 Å². The van der Waals surface area contributed by atoms with E-state index in [1.807, 2.05) is 24.3 Å². The van der Waals surface area contributed by atoms with Gasteiger partial charge < -0.3 is 4.90 Å². The molecule has 4 nitrogen and oxygen atoms in total. The van der Waals surface area contributed by atoms with Crippen LogP contribution >= 0.6 is 0 Å². The van der Waals surface area contributed by atoms with Gasteiger partial charge in [-0.3, -0.25) is 4.72 Å². The summed E-state index contributed by atoms with van der Waals surface area (Å²) in [6, 6.07) is 7.65. The quantitative estimate of drug-likeness (QED) is 0.923. The summed E-state index contributed by atoms with van der Waals surface area (Å²) in [6.45, 7) is 6.09. The maximum atomic E-state index is 11.5. The van der Waals surface area contributed by atoms with Crippen LogP contribution in [0.3, 0.4) is 0 Å². The third-order valence-corrected chi connectivity index (χ3v) is 4.98. The van der Waals surface area contributed by atoms with E-state index >= 15 is 0 Å². The Balaban J connectivity index is 2.02. The summed E-state index contributed by atoms with van der Waals surface area (Å²) in [5.41, 5.74) is 1.81. The second-order valence-corrected chi connectivity index (χ2v) is 7.23. The third kappa shape index (κ3) is 3.86. The minimum absolute atomic E-state index is 0.0960. The first-order valence-electron chi connectivity index (χ1n) is 6.85. The first-order valence-corrected chi connectivity index (χ1v) is 8.51. The first kappa shape index (κ1) is 14.2. The molecule has 1 aliphatic heterocycles. The standard InChI is InChI=1S/C14H22N2O2S/c1-3-19(17,18)15-13-4-6-14(7-5-13)16-10-8-12(2)9-11-16/h4-7,12,15H,3,8-11H2,1-2H3. The van der Waals surface area contributed by atoms with Gasteiger partial charge in [-0.2, -0.15) is 0 Å². The molecule has 1 saturated heterocycles. The van der Waals surface area contributed by atoms with Crippen molar-refractivity contribution in [3.8, 4) is 0 Å². The van der Waals surface area contributed by atoms with Crippen LogP contribution in [-0.4, -0.2) is 27.3 Å². The van der Waals surface area contributed by atoms with Crippen LogP contribution in [-0.2, 0) is 10.0 Å². The van der Waals surface area contributed by atoms with Crippen LogP contribution in [0.1, 0.15) is 26.7 Å². The van der Waals surface area contributed by atoms with Gasteiger partial charge in [-0.25, -0.2) is 8.42 Å². The molecule has 106 valence electrons. The fourth-order valence-electron chi connectivity index (χ4n) is 2.26. The van der Waals surface area contributed by atoms with Crippen molar-refractivity contribution < 1.29 is 8.42 Å². The molecule has 19 heavy (non-hydrogen) atoms. The molecule has 1 heterocycles. The van der Waals surface area contributed by atoms with E-state index in [2.05, 4.69) is 16.5 Å². The van der Waals surface area contributed by atoms with Gasteiger partial charge in [-0.15, -0.1) is 0 Å². The van der Waals surface area contributed by atoms with Gasteiger partial charge in [0.2, 0.25) is 10.0 Å². The van der Waals surface area contributed by atoms with Crippen LogP contribution in [0.25, 0.3) is 0 Å². The van der Waals surface area contributed by atoms with E-state index < -0.39 is 10.0 Å². The Hall–Kier alpha value is -1.23. The monoisotopic (exact) mass is 282 g/mol. The van der Waals surface area contributed by atoms with E-state index in [4.69, 9.17) is 0 Å². The van der Waals surface area contributed by atoms with Crippen molar-refractivity contribution in [2.45, 2.75) is 26.7 Å². The third-order valence-electron chi connectivity index (χ3n) is 3.67. The molecule has 0 spiro atoms. The van der Waals surface area contributed by atoms with E-state index in [9.17, 15) is 8.42 Å². The molecule has 5 heteroatoms. The normalized spacial score (nSPS) is 17.5. The van der Waals surface area contributed by atoms with Crippen LogP contribution in [0.15, 0.2) is 24.3 Å². The molecule has 0 aliphatic carbocycles. The Bertz CT molecular complexity index is 503. The van der Waals surface area contributed by atoms with E-state index in [-0.39, 0.29) is 5.75 Å². The Morgan fingerprint density at radius 3 is 2.32 bits per heavy atom. The largest absolute Gasteiger partial charge is 0.372 e. The lowest BCUT2D eigenvalue weighted by Gasteiger charge is -2.32. The van der Waals surface area contributed by atoms with E-state index in [0.717, 1.165) is 19.0 Å². The minimum Gasteiger partial charge on any atom is -0.372 e. The molecule has 1 aliphatic rings. The van der Waals surface area contributed by atoms with E-state index in [0.29, 0.717) is 5.69 Å². The zero-order valence-corrected chi connectivity index (χ0v) is 12.4. The van der Waals surface area contributed by atoms with Crippen LogP contribution in [0.2, 0.25) is 0 Å². The van der Waals surface area contributed by atoms with Crippen LogP contribution in [0.4, 0.5) is 11.4 Å². The summed E-state index contributed by atoms with van der Waals surface area (Å²) < 4.78 is 25.5. The number of anilines is 2. The van der Waals surface area contributed by atoms with Gasteiger partial charge >= 0.3 is 0 Å². The van der Waals surface area contributed by atoms with Crippen LogP contribution in [0.5, 0.6) is 0 Å². The van der Waals surface area contributed by atoms with Gasteiger partial charge in [-0.05, 0) is 49.9 Å². The predicted molar refractivity (Wildman–Crippen MR) is 80.1 cm³/mol. The maximum Gasteiger partial charge on any atom is 0.232 e. The number of hydrogen-bond donors (Lipinski definition) is 1. The molecule has 0 atom stereocenters. The average molecular weight is 282 g/mol. The van der Waals surface area contributed by atoms with Crippen LogP contribution in [0, 0.1) is 5.92 Å². The topological polar surface area (TPSA) is 49.4 Å². The van der Waals surface area contributed by atoms with Crippen molar-refractivity contribution in [3.05, 3.63) is 24.3 Å². The zero-order valence-electron chi connectivity index (χ0n) is 11.6. The van der Waals surface area contributed by atoms with Gasteiger partial charge in [0.15, 0.2) is 0 Å². The molecule has 0 radical (unpaired) electrons. The molecule has 0 amide bonds. The van der Waals surface area contributed by atoms with Gasteiger partial charge in [0.05, 0.1) is 5.75 Å². The highest BCUT2D eigenvalue weighted by molar-refractivity contribution is 7.92. The van der Waals surface area contributed by atoms with Crippen molar-refractivity contribution in [2.24, 2.45) is 5.92 Å². The summed E-state index contributed by atoms with van der Waals surface area (Å²) in [5, 5.41) is 0. The van der Waals surface area contributed by atoms with E-state index in [1.165, 1.54) is 18.5 Å². The van der Waals surface area contributed by atoms with E-state index in [1.54, 1.807) is 6.92 Å². The highest BCUT2D eigenvalue weighted by atomic mass is 32.2. The number of hydrogen-bond acceptors (Lipinski definition) is 3. The maximum absolute atomic E-state index is 11.5. The molecule has 0 bridgehead atoms. The van der Waals surface area contributed by atoms with Gasteiger partial charge in [-0.1, -0.05) is 6.92 Å². The molecule has 1 N–H and O–H groups in total. The molecule has 0 saturated carbocycles. The fraction of sp³-hybridized carbons (Fsp3) is 0.571. The summed E-state index contributed by atoms with van der Waals surface area (Å²) in [6.07, 6.45) is 2.45. The van der Waals surface area contributed by atoms with Crippen molar-refractivity contribution in [1.82, 2.24) is 0 Å². The molecular formula is C14H22N2O2S. The summed E-state index contributed by atoms with van der Waals surface area (Å²) in [7, 11) is -3.18. The SMILES string of the molecule is CCS(=O)(=O)Nc1ccc(N2CCC(C)CC2)cc1. The number of sulfonamides is 1. The Morgan fingerprint density at radius 2 is 1.79 bits per heavy atom. The summed E-state index contributed by atoms with van der Waals surface area (Å²) in [4.78, 5) is 2.36. The predicted octanol–water partition coefficient (Wildman–Crippen LogP) is 2.68. The lowest BCUT2D eigenvalue weighted by atomic mass is 9.99. The number of piperidine rings is 1. The van der Waals surface area contributed by atoms with Crippen molar-refractivity contribution in [1.29, 1.82) is 0 Å². The molecule has 1 aromatic carbocycles. The number of nitrogens with zero attached hydrogens (tertiary/aromatic N) is 1. The molecule has 0 aromatic heterocycles. The number of benzene rings is 1. The van der Waals surface area contributed by atoms with Gasteiger partial charge in [0, 0.05) is 24.5 Å². The Kier molecular flexibility index (Phi) is 4.34. The zero-order chi connectivity index (χ0) is 13.9. The van der Waals surface area contributed by atoms with Gasteiger partial charge in [0.25, 0.3) is 0 Å². The minimum atomic E-state index is -3.18. The summed E-state index contributed by atoms with van der Waals surface area (Å²) >= 11 is 0. The molecular weight excluding hydrogens is 260 g/mol. The lowest BCUT2D eigenvalue weighted by Crippen LogP contribution is -2.32. The fourth-order valence-corrected chi connectivity index (χ4v) is 2.90. The Labute approximate surface area is 115 Å². The van der Waals surface area contributed by atoms with Gasteiger partial charge in [0.1, 0.15) is 0 Å². The molecule has 1 aromatic rings. The first-order chi connectivity index (χ1) is 9.00. The molecule has 0 unspecified atom stereocenters. The van der Waals surface area contributed by atoms with Crippen LogP contribution < -0.4 is 9.62 Å².